The number of hydrogen-bond acceptors (Lipinski definition) is 3. The van der Waals surface area contributed by atoms with Gasteiger partial charge in [-0.1, -0.05) is 12.5 Å². The lowest BCUT2D eigenvalue weighted by Crippen LogP contribution is -2.43. The fourth-order valence-corrected chi connectivity index (χ4v) is 3.01. The minimum absolute atomic E-state index is 0.146. The number of nitrogens with two attached hydrogens (primary N) is 1. The molecule has 1 aromatic carbocycles. The zero-order chi connectivity index (χ0) is 13.3. The van der Waals surface area contributed by atoms with Gasteiger partial charge in [-0.05, 0) is 43.9 Å². The van der Waals surface area contributed by atoms with Crippen LogP contribution in [0, 0.1) is 19.3 Å². The Balaban J connectivity index is 2.43. The molecule has 18 heavy (non-hydrogen) atoms. The molecule has 0 spiro atoms. The van der Waals surface area contributed by atoms with E-state index in [1.807, 2.05) is 6.07 Å². The predicted octanol–water partition coefficient (Wildman–Crippen LogP) is 2.47. The van der Waals surface area contributed by atoms with E-state index < -0.39 is 0 Å². The number of aliphatic hydroxyl groups excluding tert-OH is 1. The maximum absolute atomic E-state index is 9.66. The van der Waals surface area contributed by atoms with Gasteiger partial charge in [-0.25, -0.2) is 0 Å². The first kappa shape index (κ1) is 13.4. The Morgan fingerprint density at radius 3 is 2.50 bits per heavy atom. The molecule has 3 N–H and O–H groups in total. The molecule has 0 saturated heterocycles. The van der Waals surface area contributed by atoms with Crippen molar-refractivity contribution in [2.75, 3.05) is 13.7 Å². The van der Waals surface area contributed by atoms with Crippen molar-refractivity contribution in [2.45, 2.75) is 39.2 Å². The van der Waals surface area contributed by atoms with Crippen LogP contribution in [0.25, 0.3) is 0 Å². The molecule has 3 nitrogen and oxygen atoms in total. The van der Waals surface area contributed by atoms with Gasteiger partial charge in [0.2, 0.25) is 0 Å². The molecule has 100 valence electrons. The SMILES string of the molecule is COc1cc(C)cc(C)c1C(N)C1(CO)CCC1. The zero-order valence-electron chi connectivity index (χ0n) is 11.5. The van der Waals surface area contributed by atoms with Crippen LogP contribution in [0.3, 0.4) is 0 Å². The van der Waals surface area contributed by atoms with Gasteiger partial charge >= 0.3 is 0 Å². The second-order valence-corrected chi connectivity index (χ2v) is 5.55. The third kappa shape index (κ3) is 2.02. The van der Waals surface area contributed by atoms with E-state index in [0.717, 1.165) is 36.1 Å². The molecule has 1 aromatic rings. The van der Waals surface area contributed by atoms with E-state index in [-0.39, 0.29) is 18.1 Å². The van der Waals surface area contributed by atoms with E-state index in [4.69, 9.17) is 10.5 Å². The van der Waals surface area contributed by atoms with Crippen LogP contribution in [0.5, 0.6) is 5.75 Å². The number of aryl methyl sites for hydroxylation is 2. The summed E-state index contributed by atoms with van der Waals surface area (Å²) in [6, 6.07) is 4.00. The molecule has 0 heterocycles. The minimum Gasteiger partial charge on any atom is -0.496 e. The third-order valence-electron chi connectivity index (χ3n) is 4.35. The van der Waals surface area contributed by atoms with Gasteiger partial charge in [0.1, 0.15) is 5.75 Å². The van der Waals surface area contributed by atoms with Crippen molar-refractivity contribution in [1.29, 1.82) is 0 Å². The van der Waals surface area contributed by atoms with Crippen LogP contribution in [0.15, 0.2) is 12.1 Å². The molecule has 1 aliphatic carbocycles. The summed E-state index contributed by atoms with van der Waals surface area (Å²) >= 11 is 0. The van der Waals surface area contributed by atoms with Crippen LogP contribution in [0.1, 0.15) is 42.0 Å². The molecule has 0 amide bonds. The summed E-state index contributed by atoms with van der Waals surface area (Å²) in [5, 5.41) is 9.66. The number of hydrogen-bond donors (Lipinski definition) is 2. The Morgan fingerprint density at radius 1 is 1.39 bits per heavy atom. The normalized spacial score (nSPS) is 19.2. The zero-order valence-corrected chi connectivity index (χ0v) is 11.5. The second-order valence-electron chi connectivity index (χ2n) is 5.55. The second kappa shape index (κ2) is 4.90. The van der Waals surface area contributed by atoms with Gasteiger partial charge < -0.3 is 15.6 Å². The molecule has 1 aliphatic rings. The van der Waals surface area contributed by atoms with Crippen molar-refractivity contribution in [1.82, 2.24) is 0 Å². The lowest BCUT2D eigenvalue weighted by molar-refractivity contribution is 0.0175. The Bertz CT molecular complexity index is 433. The Hall–Kier alpha value is -1.06. The van der Waals surface area contributed by atoms with E-state index in [1.54, 1.807) is 7.11 Å². The third-order valence-corrected chi connectivity index (χ3v) is 4.35. The number of benzene rings is 1. The summed E-state index contributed by atoms with van der Waals surface area (Å²) in [6.45, 7) is 4.27. The molecule has 1 atom stereocenters. The molecule has 1 fully saturated rings. The van der Waals surface area contributed by atoms with Crippen molar-refractivity contribution >= 4 is 0 Å². The van der Waals surface area contributed by atoms with Gasteiger partial charge in [-0.15, -0.1) is 0 Å². The molecule has 1 unspecified atom stereocenters. The summed E-state index contributed by atoms with van der Waals surface area (Å²) in [7, 11) is 1.68. The largest absolute Gasteiger partial charge is 0.496 e. The highest BCUT2D eigenvalue weighted by Gasteiger charge is 2.43. The minimum atomic E-state index is -0.146. The molecule has 0 aromatic heterocycles. The Kier molecular flexibility index (Phi) is 3.64. The van der Waals surface area contributed by atoms with Crippen molar-refractivity contribution in [3.63, 3.8) is 0 Å². The van der Waals surface area contributed by atoms with Gasteiger partial charge in [-0.2, -0.15) is 0 Å². The number of aliphatic hydroxyl groups is 1. The molecule has 2 rings (SSSR count). The Labute approximate surface area is 109 Å². The monoisotopic (exact) mass is 249 g/mol. The Morgan fingerprint density at radius 2 is 2.06 bits per heavy atom. The van der Waals surface area contributed by atoms with Gasteiger partial charge in [-0.3, -0.25) is 0 Å². The van der Waals surface area contributed by atoms with Gasteiger partial charge in [0.25, 0.3) is 0 Å². The first-order valence-corrected chi connectivity index (χ1v) is 6.55. The first-order chi connectivity index (χ1) is 8.54. The molecular formula is C15H23NO2. The van der Waals surface area contributed by atoms with E-state index >= 15 is 0 Å². The average Bonchev–Trinajstić information content (AvgIpc) is 2.26. The fourth-order valence-electron chi connectivity index (χ4n) is 3.01. The summed E-state index contributed by atoms with van der Waals surface area (Å²) in [5.41, 5.74) is 9.67. The van der Waals surface area contributed by atoms with Crippen molar-refractivity contribution in [3.05, 3.63) is 28.8 Å². The highest BCUT2D eigenvalue weighted by Crippen LogP contribution is 2.50. The maximum atomic E-state index is 9.66. The van der Waals surface area contributed by atoms with Crippen molar-refractivity contribution in [3.8, 4) is 5.75 Å². The van der Waals surface area contributed by atoms with Crippen LogP contribution < -0.4 is 10.5 Å². The van der Waals surface area contributed by atoms with Crippen LogP contribution in [-0.4, -0.2) is 18.8 Å². The average molecular weight is 249 g/mol. The van der Waals surface area contributed by atoms with Gasteiger partial charge in [0.05, 0.1) is 13.7 Å². The standard InChI is InChI=1S/C15H23NO2/c1-10-7-11(2)13(12(8-10)18-3)14(16)15(9-17)5-4-6-15/h7-8,14,17H,4-6,9,16H2,1-3H3. The highest BCUT2D eigenvalue weighted by molar-refractivity contribution is 5.46. The summed E-state index contributed by atoms with van der Waals surface area (Å²) < 4.78 is 5.47. The number of rotatable bonds is 4. The summed E-state index contributed by atoms with van der Waals surface area (Å²) in [6.07, 6.45) is 3.16. The molecule has 3 heteroatoms. The molecule has 0 aliphatic heterocycles. The summed E-state index contributed by atoms with van der Waals surface area (Å²) in [5.74, 6) is 0.847. The molecule has 1 saturated carbocycles. The smallest absolute Gasteiger partial charge is 0.124 e. The number of ether oxygens (including phenoxy) is 1. The van der Waals surface area contributed by atoms with Crippen LogP contribution >= 0.6 is 0 Å². The van der Waals surface area contributed by atoms with Crippen LogP contribution in [0.2, 0.25) is 0 Å². The van der Waals surface area contributed by atoms with Crippen LogP contribution in [-0.2, 0) is 0 Å². The van der Waals surface area contributed by atoms with E-state index in [1.165, 1.54) is 5.56 Å². The predicted molar refractivity (Wildman–Crippen MR) is 72.8 cm³/mol. The molecular weight excluding hydrogens is 226 g/mol. The molecule has 0 radical (unpaired) electrons. The number of methoxy groups -OCH3 is 1. The summed E-state index contributed by atoms with van der Waals surface area (Å²) in [4.78, 5) is 0. The topological polar surface area (TPSA) is 55.5 Å². The van der Waals surface area contributed by atoms with E-state index in [9.17, 15) is 5.11 Å². The van der Waals surface area contributed by atoms with E-state index in [2.05, 4.69) is 19.9 Å². The van der Waals surface area contributed by atoms with Crippen molar-refractivity contribution in [2.24, 2.45) is 11.1 Å². The fraction of sp³-hybridized carbons (Fsp3) is 0.600. The highest BCUT2D eigenvalue weighted by atomic mass is 16.5. The van der Waals surface area contributed by atoms with Crippen LogP contribution in [0.4, 0.5) is 0 Å². The maximum Gasteiger partial charge on any atom is 0.124 e. The first-order valence-electron chi connectivity index (χ1n) is 6.55. The lowest BCUT2D eigenvalue weighted by Gasteiger charge is -2.45. The quantitative estimate of drug-likeness (QED) is 0.862. The molecule has 0 bridgehead atoms. The van der Waals surface area contributed by atoms with Crippen molar-refractivity contribution < 1.29 is 9.84 Å². The van der Waals surface area contributed by atoms with E-state index in [0.29, 0.717) is 0 Å². The van der Waals surface area contributed by atoms with Gasteiger partial charge in [0.15, 0.2) is 0 Å². The van der Waals surface area contributed by atoms with Gasteiger partial charge in [0, 0.05) is 17.0 Å². The lowest BCUT2D eigenvalue weighted by atomic mass is 9.62.